The van der Waals surface area contributed by atoms with E-state index in [1.54, 1.807) is 0 Å². The number of nitrogens with one attached hydrogen (secondary N) is 1. The molecule has 1 aliphatic rings. The fraction of sp³-hybridized carbons (Fsp3) is 0.923. The summed E-state index contributed by atoms with van der Waals surface area (Å²) in [4.78, 5) is 14.2. The van der Waals surface area contributed by atoms with Crippen LogP contribution in [0.5, 0.6) is 0 Å². The van der Waals surface area contributed by atoms with E-state index in [1.807, 2.05) is 6.92 Å². The van der Waals surface area contributed by atoms with E-state index in [0.29, 0.717) is 12.6 Å². The molecule has 1 heterocycles. The largest absolute Gasteiger partial charge is 0.354 e. The van der Waals surface area contributed by atoms with Crippen LogP contribution in [-0.4, -0.2) is 43.0 Å². The zero-order valence-electron chi connectivity index (χ0n) is 11.2. The van der Waals surface area contributed by atoms with Gasteiger partial charge in [0, 0.05) is 18.5 Å². The molecule has 0 bridgehead atoms. The van der Waals surface area contributed by atoms with Crippen LogP contribution in [0.25, 0.3) is 0 Å². The minimum Gasteiger partial charge on any atom is -0.354 e. The second kappa shape index (κ2) is 7.67. The van der Waals surface area contributed by atoms with E-state index in [2.05, 4.69) is 17.1 Å². The molecule has 0 saturated carbocycles. The summed E-state index contributed by atoms with van der Waals surface area (Å²) in [6, 6.07) is 0.448. The summed E-state index contributed by atoms with van der Waals surface area (Å²) >= 11 is 0. The van der Waals surface area contributed by atoms with Gasteiger partial charge in [-0.05, 0) is 45.8 Å². The SMILES string of the molecule is CC(CCN)C(=O)NCC(C)N1CCCCC1. The molecule has 1 aliphatic heterocycles. The minimum atomic E-state index is 0.0357. The van der Waals surface area contributed by atoms with Crippen LogP contribution >= 0.6 is 0 Å². The first-order valence-electron chi connectivity index (χ1n) is 6.87. The number of nitrogens with two attached hydrogens (primary N) is 1. The molecular weight excluding hydrogens is 214 g/mol. The van der Waals surface area contributed by atoms with E-state index in [4.69, 9.17) is 5.73 Å². The van der Waals surface area contributed by atoms with Gasteiger partial charge in [0.2, 0.25) is 5.91 Å². The number of hydrogen-bond donors (Lipinski definition) is 2. The fourth-order valence-corrected chi connectivity index (χ4v) is 2.29. The Morgan fingerprint density at radius 1 is 1.29 bits per heavy atom. The fourth-order valence-electron chi connectivity index (χ4n) is 2.29. The molecule has 4 nitrogen and oxygen atoms in total. The van der Waals surface area contributed by atoms with Gasteiger partial charge in [0.05, 0.1) is 0 Å². The van der Waals surface area contributed by atoms with E-state index in [0.717, 1.165) is 13.0 Å². The molecule has 1 fully saturated rings. The van der Waals surface area contributed by atoms with E-state index in [-0.39, 0.29) is 11.8 Å². The van der Waals surface area contributed by atoms with Gasteiger partial charge in [-0.15, -0.1) is 0 Å². The van der Waals surface area contributed by atoms with Crippen molar-refractivity contribution in [3.8, 4) is 0 Å². The molecular formula is C13H27N3O. The van der Waals surface area contributed by atoms with E-state index in [9.17, 15) is 4.79 Å². The number of nitrogens with zero attached hydrogens (tertiary/aromatic N) is 1. The van der Waals surface area contributed by atoms with Crippen molar-refractivity contribution in [3.63, 3.8) is 0 Å². The molecule has 0 aromatic rings. The molecule has 0 radical (unpaired) electrons. The Labute approximate surface area is 105 Å². The van der Waals surface area contributed by atoms with Gasteiger partial charge >= 0.3 is 0 Å². The Balaban J connectivity index is 2.22. The summed E-state index contributed by atoms with van der Waals surface area (Å²) in [6.45, 7) is 7.82. The van der Waals surface area contributed by atoms with Gasteiger partial charge in [0.1, 0.15) is 0 Å². The van der Waals surface area contributed by atoms with Crippen LogP contribution in [0, 0.1) is 5.92 Å². The predicted octanol–water partition coefficient (Wildman–Crippen LogP) is 0.962. The molecule has 2 unspecified atom stereocenters. The van der Waals surface area contributed by atoms with E-state index in [1.165, 1.54) is 32.4 Å². The van der Waals surface area contributed by atoms with Gasteiger partial charge < -0.3 is 11.1 Å². The van der Waals surface area contributed by atoms with E-state index < -0.39 is 0 Å². The van der Waals surface area contributed by atoms with Gasteiger partial charge in [-0.25, -0.2) is 0 Å². The molecule has 2 atom stereocenters. The second-order valence-corrected chi connectivity index (χ2v) is 5.17. The van der Waals surface area contributed by atoms with Gasteiger partial charge in [-0.2, -0.15) is 0 Å². The van der Waals surface area contributed by atoms with Crippen molar-refractivity contribution in [1.29, 1.82) is 0 Å². The molecule has 1 amide bonds. The summed E-state index contributed by atoms with van der Waals surface area (Å²) in [6.07, 6.45) is 4.71. The Morgan fingerprint density at radius 2 is 1.94 bits per heavy atom. The summed E-state index contributed by atoms with van der Waals surface area (Å²) in [5.41, 5.74) is 5.45. The third kappa shape index (κ3) is 5.04. The number of carbonyl (C=O) groups is 1. The maximum absolute atomic E-state index is 11.7. The number of piperidine rings is 1. The van der Waals surface area contributed by atoms with Gasteiger partial charge in [-0.3, -0.25) is 9.69 Å². The lowest BCUT2D eigenvalue weighted by atomic mass is 10.1. The molecule has 100 valence electrons. The van der Waals surface area contributed by atoms with Gasteiger partial charge in [0.15, 0.2) is 0 Å². The van der Waals surface area contributed by atoms with Crippen molar-refractivity contribution in [1.82, 2.24) is 10.2 Å². The van der Waals surface area contributed by atoms with Crippen LogP contribution < -0.4 is 11.1 Å². The molecule has 1 rings (SSSR count). The quantitative estimate of drug-likeness (QED) is 0.728. The second-order valence-electron chi connectivity index (χ2n) is 5.17. The van der Waals surface area contributed by atoms with Crippen LogP contribution in [0.2, 0.25) is 0 Å². The maximum atomic E-state index is 11.7. The number of carbonyl (C=O) groups excluding carboxylic acids is 1. The number of likely N-dealkylation sites (tertiary alicyclic amines) is 1. The standard InChI is InChI=1S/C13H27N3O/c1-11(6-7-14)13(17)15-10-12(2)16-8-4-3-5-9-16/h11-12H,3-10,14H2,1-2H3,(H,15,17). The monoisotopic (exact) mass is 241 g/mol. The average Bonchev–Trinajstić information content (AvgIpc) is 2.36. The summed E-state index contributed by atoms with van der Waals surface area (Å²) in [7, 11) is 0. The van der Waals surface area contributed by atoms with Gasteiger partial charge in [0.25, 0.3) is 0 Å². The van der Waals surface area contributed by atoms with Crippen molar-refractivity contribution in [2.45, 2.75) is 45.6 Å². The van der Waals surface area contributed by atoms with Crippen LogP contribution in [0.4, 0.5) is 0 Å². The minimum absolute atomic E-state index is 0.0357. The molecule has 17 heavy (non-hydrogen) atoms. The maximum Gasteiger partial charge on any atom is 0.222 e. The molecule has 0 spiro atoms. The molecule has 0 aromatic heterocycles. The average molecular weight is 241 g/mol. The van der Waals surface area contributed by atoms with E-state index >= 15 is 0 Å². The van der Waals surface area contributed by atoms with Crippen molar-refractivity contribution >= 4 is 5.91 Å². The predicted molar refractivity (Wildman–Crippen MR) is 70.7 cm³/mol. The lowest BCUT2D eigenvalue weighted by Crippen LogP contribution is -2.45. The summed E-state index contributed by atoms with van der Waals surface area (Å²) in [5.74, 6) is 0.174. The number of hydrogen-bond acceptors (Lipinski definition) is 3. The van der Waals surface area contributed by atoms with Crippen molar-refractivity contribution in [2.75, 3.05) is 26.2 Å². The Kier molecular flexibility index (Phi) is 6.52. The highest BCUT2D eigenvalue weighted by Gasteiger charge is 2.18. The molecule has 0 aromatic carbocycles. The Bertz CT molecular complexity index is 227. The first-order valence-corrected chi connectivity index (χ1v) is 6.87. The van der Waals surface area contributed by atoms with Gasteiger partial charge in [-0.1, -0.05) is 13.3 Å². The lowest BCUT2D eigenvalue weighted by molar-refractivity contribution is -0.124. The smallest absolute Gasteiger partial charge is 0.222 e. The third-order valence-electron chi connectivity index (χ3n) is 3.63. The highest BCUT2D eigenvalue weighted by molar-refractivity contribution is 5.78. The zero-order valence-corrected chi connectivity index (χ0v) is 11.2. The summed E-state index contributed by atoms with van der Waals surface area (Å²) in [5, 5.41) is 3.03. The zero-order chi connectivity index (χ0) is 12.7. The molecule has 0 aliphatic carbocycles. The van der Waals surface area contributed by atoms with Crippen molar-refractivity contribution < 1.29 is 4.79 Å². The van der Waals surface area contributed by atoms with Crippen LogP contribution in [0.1, 0.15) is 39.5 Å². The van der Waals surface area contributed by atoms with Crippen molar-refractivity contribution in [2.24, 2.45) is 11.7 Å². The third-order valence-corrected chi connectivity index (χ3v) is 3.63. The Morgan fingerprint density at radius 3 is 2.53 bits per heavy atom. The van der Waals surface area contributed by atoms with Crippen molar-refractivity contribution in [3.05, 3.63) is 0 Å². The highest BCUT2D eigenvalue weighted by atomic mass is 16.1. The first kappa shape index (κ1) is 14.5. The van der Waals surface area contributed by atoms with Crippen LogP contribution in [0.15, 0.2) is 0 Å². The topological polar surface area (TPSA) is 58.4 Å². The first-order chi connectivity index (χ1) is 8.15. The molecule has 1 saturated heterocycles. The highest BCUT2D eigenvalue weighted by Crippen LogP contribution is 2.11. The molecule has 3 N–H and O–H groups in total. The Hall–Kier alpha value is -0.610. The van der Waals surface area contributed by atoms with Crippen LogP contribution in [0.3, 0.4) is 0 Å². The normalized spacial score (nSPS) is 20.9. The number of amides is 1. The molecule has 4 heteroatoms. The number of rotatable bonds is 6. The van der Waals surface area contributed by atoms with Crippen LogP contribution in [-0.2, 0) is 4.79 Å². The summed E-state index contributed by atoms with van der Waals surface area (Å²) < 4.78 is 0. The lowest BCUT2D eigenvalue weighted by Gasteiger charge is -2.32.